The summed E-state index contributed by atoms with van der Waals surface area (Å²) in [7, 11) is 0. The highest BCUT2D eigenvalue weighted by Gasteiger charge is 2.31. The molecule has 1 fully saturated rings. The smallest absolute Gasteiger partial charge is 0.126 e. The second-order valence-electron chi connectivity index (χ2n) is 6.01. The van der Waals surface area contributed by atoms with E-state index >= 15 is 0 Å². The molecule has 1 N–H and O–H groups in total. The van der Waals surface area contributed by atoms with Crippen LogP contribution >= 0.6 is 11.6 Å². The highest BCUT2D eigenvalue weighted by atomic mass is 35.5. The molecule has 112 valence electrons. The number of morpholine rings is 1. The largest absolute Gasteiger partial charge is 0.370 e. The van der Waals surface area contributed by atoms with Gasteiger partial charge in [0.25, 0.3) is 0 Å². The van der Waals surface area contributed by atoms with Crippen LogP contribution < -0.4 is 5.32 Å². The summed E-state index contributed by atoms with van der Waals surface area (Å²) < 4.78 is 5.93. The number of hydrogen-bond donors (Lipinski definition) is 1. The Kier molecular flexibility index (Phi) is 4.89. The number of halogens is 1. The summed E-state index contributed by atoms with van der Waals surface area (Å²) in [5, 5.41) is 3.95. The lowest BCUT2D eigenvalue weighted by Gasteiger charge is -2.41. The van der Waals surface area contributed by atoms with E-state index in [0.29, 0.717) is 0 Å². The predicted molar refractivity (Wildman–Crippen MR) is 83.3 cm³/mol. The van der Waals surface area contributed by atoms with Crippen LogP contribution in [-0.2, 0) is 11.3 Å². The van der Waals surface area contributed by atoms with E-state index in [2.05, 4.69) is 42.9 Å². The van der Waals surface area contributed by atoms with Gasteiger partial charge in [0.15, 0.2) is 0 Å². The third kappa shape index (κ3) is 4.08. The standard InChI is InChI=1S/C15H24ClN3O/c1-5-17-14-7-6-12(16)13(18-14)9-19-8-11(2)20-15(3,4)10-19/h6-7,11H,5,8-10H2,1-4H3,(H,17,18). The first-order valence-corrected chi connectivity index (χ1v) is 7.57. The third-order valence-corrected chi connectivity index (χ3v) is 3.63. The summed E-state index contributed by atoms with van der Waals surface area (Å²) >= 11 is 6.27. The molecule has 0 radical (unpaired) electrons. The molecule has 0 aromatic carbocycles. The lowest BCUT2D eigenvalue weighted by molar-refractivity contribution is -0.130. The average Bonchev–Trinajstić information content (AvgIpc) is 2.31. The van der Waals surface area contributed by atoms with Crippen LogP contribution in [0, 0.1) is 0 Å². The molecule has 1 aromatic rings. The lowest BCUT2D eigenvalue weighted by Crippen LogP contribution is -2.51. The molecule has 0 aliphatic carbocycles. The fraction of sp³-hybridized carbons (Fsp3) is 0.667. The third-order valence-electron chi connectivity index (χ3n) is 3.29. The van der Waals surface area contributed by atoms with Gasteiger partial charge in [0.1, 0.15) is 5.82 Å². The molecule has 20 heavy (non-hydrogen) atoms. The van der Waals surface area contributed by atoms with Crippen LogP contribution in [0.15, 0.2) is 12.1 Å². The molecule has 0 bridgehead atoms. The summed E-state index contributed by atoms with van der Waals surface area (Å²) in [4.78, 5) is 6.96. The quantitative estimate of drug-likeness (QED) is 0.926. The number of nitrogens with one attached hydrogen (secondary N) is 1. The molecular formula is C15H24ClN3O. The van der Waals surface area contributed by atoms with E-state index in [1.165, 1.54) is 0 Å². The van der Waals surface area contributed by atoms with Gasteiger partial charge in [-0.05, 0) is 39.8 Å². The normalized spacial score (nSPS) is 22.8. The van der Waals surface area contributed by atoms with Gasteiger partial charge in [0.2, 0.25) is 0 Å². The van der Waals surface area contributed by atoms with Crippen molar-refractivity contribution in [2.75, 3.05) is 25.0 Å². The molecule has 1 aromatic heterocycles. The van der Waals surface area contributed by atoms with E-state index in [9.17, 15) is 0 Å². The maximum atomic E-state index is 6.27. The summed E-state index contributed by atoms with van der Waals surface area (Å²) in [5.74, 6) is 0.882. The molecule has 1 aliphatic heterocycles. The maximum absolute atomic E-state index is 6.27. The molecule has 0 spiro atoms. The van der Waals surface area contributed by atoms with E-state index in [1.807, 2.05) is 12.1 Å². The van der Waals surface area contributed by atoms with E-state index < -0.39 is 0 Å². The van der Waals surface area contributed by atoms with Crippen LogP contribution in [0.1, 0.15) is 33.4 Å². The zero-order chi connectivity index (χ0) is 14.8. The van der Waals surface area contributed by atoms with Crippen LogP contribution in [0.2, 0.25) is 5.02 Å². The average molecular weight is 298 g/mol. The Morgan fingerprint density at radius 1 is 1.50 bits per heavy atom. The number of hydrogen-bond acceptors (Lipinski definition) is 4. The number of nitrogens with zero attached hydrogens (tertiary/aromatic N) is 2. The van der Waals surface area contributed by atoms with Gasteiger partial charge in [-0.2, -0.15) is 0 Å². The second-order valence-corrected chi connectivity index (χ2v) is 6.42. The molecule has 1 aliphatic rings. The van der Waals surface area contributed by atoms with Crippen LogP contribution in [0.25, 0.3) is 0 Å². The van der Waals surface area contributed by atoms with Gasteiger partial charge in [-0.3, -0.25) is 4.90 Å². The van der Waals surface area contributed by atoms with Crippen molar-refractivity contribution in [1.82, 2.24) is 9.88 Å². The first-order chi connectivity index (χ1) is 9.39. The van der Waals surface area contributed by atoms with Crippen LogP contribution in [0.5, 0.6) is 0 Å². The molecule has 1 atom stereocenters. The highest BCUT2D eigenvalue weighted by molar-refractivity contribution is 6.31. The zero-order valence-corrected chi connectivity index (χ0v) is 13.5. The molecule has 2 heterocycles. The number of aromatic nitrogens is 1. The summed E-state index contributed by atoms with van der Waals surface area (Å²) in [5.41, 5.74) is 0.804. The summed E-state index contributed by atoms with van der Waals surface area (Å²) in [6.45, 7) is 11.8. The van der Waals surface area contributed by atoms with Crippen molar-refractivity contribution in [3.8, 4) is 0 Å². The molecule has 2 rings (SSSR count). The highest BCUT2D eigenvalue weighted by Crippen LogP contribution is 2.24. The van der Waals surface area contributed by atoms with Crippen molar-refractivity contribution < 1.29 is 4.74 Å². The minimum atomic E-state index is -0.122. The fourth-order valence-electron chi connectivity index (χ4n) is 2.79. The Morgan fingerprint density at radius 2 is 2.25 bits per heavy atom. The van der Waals surface area contributed by atoms with Crippen molar-refractivity contribution in [3.05, 3.63) is 22.8 Å². The van der Waals surface area contributed by atoms with Crippen molar-refractivity contribution in [2.24, 2.45) is 0 Å². The van der Waals surface area contributed by atoms with Gasteiger partial charge in [-0.25, -0.2) is 4.98 Å². The Labute approximate surface area is 126 Å². The SMILES string of the molecule is CCNc1ccc(Cl)c(CN2CC(C)OC(C)(C)C2)n1. The monoisotopic (exact) mass is 297 g/mol. The molecule has 0 saturated carbocycles. The van der Waals surface area contributed by atoms with E-state index in [0.717, 1.165) is 42.7 Å². The minimum absolute atomic E-state index is 0.122. The predicted octanol–water partition coefficient (Wildman–Crippen LogP) is 3.17. The molecule has 0 amide bonds. The maximum Gasteiger partial charge on any atom is 0.126 e. The summed E-state index contributed by atoms with van der Waals surface area (Å²) in [6, 6.07) is 3.83. The van der Waals surface area contributed by atoms with E-state index in [-0.39, 0.29) is 11.7 Å². The van der Waals surface area contributed by atoms with Crippen molar-refractivity contribution >= 4 is 17.4 Å². The van der Waals surface area contributed by atoms with Gasteiger partial charge in [0, 0.05) is 26.2 Å². The van der Waals surface area contributed by atoms with E-state index in [1.54, 1.807) is 0 Å². The Morgan fingerprint density at radius 3 is 2.90 bits per heavy atom. The molecule has 4 nitrogen and oxygen atoms in total. The summed E-state index contributed by atoms with van der Waals surface area (Å²) in [6.07, 6.45) is 0.231. The minimum Gasteiger partial charge on any atom is -0.370 e. The Balaban J connectivity index is 2.10. The van der Waals surface area contributed by atoms with Gasteiger partial charge in [-0.15, -0.1) is 0 Å². The molecule has 5 heteroatoms. The van der Waals surface area contributed by atoms with Gasteiger partial charge in [-0.1, -0.05) is 11.6 Å². The van der Waals surface area contributed by atoms with Crippen LogP contribution in [-0.4, -0.2) is 41.2 Å². The fourth-order valence-corrected chi connectivity index (χ4v) is 2.96. The van der Waals surface area contributed by atoms with Crippen molar-refractivity contribution in [1.29, 1.82) is 0 Å². The molecular weight excluding hydrogens is 274 g/mol. The van der Waals surface area contributed by atoms with E-state index in [4.69, 9.17) is 16.3 Å². The van der Waals surface area contributed by atoms with Crippen LogP contribution in [0.3, 0.4) is 0 Å². The van der Waals surface area contributed by atoms with Gasteiger partial charge in [0.05, 0.1) is 22.4 Å². The first-order valence-electron chi connectivity index (χ1n) is 7.19. The second kappa shape index (κ2) is 6.29. The molecule has 1 unspecified atom stereocenters. The number of ether oxygens (including phenoxy) is 1. The van der Waals surface area contributed by atoms with Gasteiger partial charge < -0.3 is 10.1 Å². The van der Waals surface area contributed by atoms with Gasteiger partial charge >= 0.3 is 0 Å². The Hall–Kier alpha value is -0.840. The number of rotatable bonds is 4. The first kappa shape index (κ1) is 15.5. The van der Waals surface area contributed by atoms with Crippen molar-refractivity contribution in [3.63, 3.8) is 0 Å². The topological polar surface area (TPSA) is 37.4 Å². The van der Waals surface area contributed by atoms with Crippen molar-refractivity contribution in [2.45, 2.75) is 45.9 Å². The number of anilines is 1. The zero-order valence-electron chi connectivity index (χ0n) is 12.7. The lowest BCUT2D eigenvalue weighted by atomic mass is 10.1. The Bertz CT molecular complexity index is 464. The number of pyridine rings is 1. The molecule has 1 saturated heterocycles. The van der Waals surface area contributed by atoms with Crippen LogP contribution in [0.4, 0.5) is 5.82 Å².